The minimum atomic E-state index is 0.0765. The standard InChI is InChI=1S/C18H29N3O/c1-14(2)11-20(4)16-7-5-15(6-8-16)17(22)21-10-9-18(3,12-19)13-21/h5-8,14H,9-13,19H2,1-4H3. The lowest BCUT2D eigenvalue weighted by atomic mass is 9.90. The molecule has 0 spiro atoms. The van der Waals surface area contributed by atoms with Crippen LogP contribution in [0.4, 0.5) is 5.69 Å². The van der Waals surface area contributed by atoms with Crippen LogP contribution in [0.5, 0.6) is 0 Å². The first-order chi connectivity index (χ1) is 10.3. The molecule has 1 amide bonds. The van der Waals surface area contributed by atoms with Crippen LogP contribution in [-0.4, -0.2) is 44.0 Å². The Hall–Kier alpha value is -1.55. The molecule has 1 saturated heterocycles. The van der Waals surface area contributed by atoms with Crippen molar-refractivity contribution in [3.05, 3.63) is 29.8 Å². The molecular weight excluding hydrogens is 274 g/mol. The number of carbonyl (C=O) groups excluding carboxylic acids is 1. The molecule has 4 nitrogen and oxygen atoms in total. The number of rotatable bonds is 5. The van der Waals surface area contributed by atoms with Crippen molar-refractivity contribution in [2.24, 2.45) is 17.1 Å². The number of anilines is 1. The quantitative estimate of drug-likeness (QED) is 0.909. The molecule has 1 aliphatic heterocycles. The van der Waals surface area contributed by atoms with E-state index >= 15 is 0 Å². The van der Waals surface area contributed by atoms with Crippen molar-refractivity contribution in [2.75, 3.05) is 38.1 Å². The average Bonchev–Trinajstić information content (AvgIpc) is 2.89. The van der Waals surface area contributed by atoms with Crippen LogP contribution in [0.1, 0.15) is 37.6 Å². The van der Waals surface area contributed by atoms with Gasteiger partial charge in [-0.25, -0.2) is 0 Å². The average molecular weight is 303 g/mol. The molecule has 22 heavy (non-hydrogen) atoms. The number of benzene rings is 1. The van der Waals surface area contributed by atoms with Gasteiger partial charge in [-0.3, -0.25) is 4.79 Å². The first kappa shape index (κ1) is 16.8. The highest BCUT2D eigenvalue weighted by molar-refractivity contribution is 5.94. The van der Waals surface area contributed by atoms with Crippen molar-refractivity contribution in [3.63, 3.8) is 0 Å². The smallest absolute Gasteiger partial charge is 0.253 e. The number of nitrogens with zero attached hydrogens (tertiary/aromatic N) is 2. The van der Waals surface area contributed by atoms with Gasteiger partial charge in [0.1, 0.15) is 0 Å². The zero-order chi connectivity index (χ0) is 16.3. The van der Waals surface area contributed by atoms with Crippen molar-refractivity contribution >= 4 is 11.6 Å². The van der Waals surface area contributed by atoms with Gasteiger partial charge in [-0.15, -0.1) is 0 Å². The molecule has 1 atom stereocenters. The highest BCUT2D eigenvalue weighted by Crippen LogP contribution is 2.29. The van der Waals surface area contributed by atoms with E-state index in [9.17, 15) is 4.79 Å². The van der Waals surface area contributed by atoms with E-state index in [2.05, 4.69) is 32.7 Å². The van der Waals surface area contributed by atoms with Crippen LogP contribution >= 0.6 is 0 Å². The third-order valence-corrected chi connectivity index (χ3v) is 4.53. The lowest BCUT2D eigenvalue weighted by Crippen LogP contribution is -2.34. The second-order valence-corrected chi connectivity index (χ2v) is 7.31. The maximum Gasteiger partial charge on any atom is 0.253 e. The summed E-state index contributed by atoms with van der Waals surface area (Å²) in [6, 6.07) is 7.95. The summed E-state index contributed by atoms with van der Waals surface area (Å²) in [6.45, 7) is 9.78. The molecule has 2 rings (SSSR count). The second kappa shape index (κ2) is 6.69. The van der Waals surface area contributed by atoms with E-state index in [0.717, 1.165) is 37.3 Å². The van der Waals surface area contributed by atoms with Crippen LogP contribution in [-0.2, 0) is 0 Å². The zero-order valence-electron chi connectivity index (χ0n) is 14.3. The van der Waals surface area contributed by atoms with E-state index in [1.165, 1.54) is 0 Å². The normalized spacial score (nSPS) is 21.5. The molecule has 0 aromatic heterocycles. The Bertz CT molecular complexity index is 512. The number of hydrogen-bond donors (Lipinski definition) is 1. The maximum absolute atomic E-state index is 12.6. The summed E-state index contributed by atoms with van der Waals surface area (Å²) in [5.74, 6) is 0.736. The van der Waals surface area contributed by atoms with Crippen LogP contribution in [0.15, 0.2) is 24.3 Å². The molecule has 0 bridgehead atoms. The first-order valence-corrected chi connectivity index (χ1v) is 8.15. The predicted octanol–water partition coefficient (Wildman–Crippen LogP) is 2.59. The molecule has 1 fully saturated rings. The maximum atomic E-state index is 12.6. The van der Waals surface area contributed by atoms with Crippen LogP contribution < -0.4 is 10.6 Å². The van der Waals surface area contributed by atoms with E-state index in [4.69, 9.17) is 5.73 Å². The number of amides is 1. The predicted molar refractivity (Wildman–Crippen MR) is 92.2 cm³/mol. The Kier molecular flexibility index (Phi) is 5.12. The molecule has 1 aromatic rings. The Morgan fingerprint density at radius 2 is 2.00 bits per heavy atom. The third-order valence-electron chi connectivity index (χ3n) is 4.53. The van der Waals surface area contributed by atoms with Crippen LogP contribution in [0, 0.1) is 11.3 Å². The van der Waals surface area contributed by atoms with Gasteiger partial charge in [-0.1, -0.05) is 20.8 Å². The fourth-order valence-electron chi connectivity index (χ4n) is 3.06. The molecule has 0 saturated carbocycles. The second-order valence-electron chi connectivity index (χ2n) is 7.31. The van der Waals surface area contributed by atoms with Crippen molar-refractivity contribution < 1.29 is 4.79 Å². The molecule has 1 heterocycles. The molecule has 2 N–H and O–H groups in total. The molecule has 1 aromatic carbocycles. The highest BCUT2D eigenvalue weighted by atomic mass is 16.2. The lowest BCUT2D eigenvalue weighted by Gasteiger charge is -2.23. The van der Waals surface area contributed by atoms with Gasteiger partial charge in [0.25, 0.3) is 5.91 Å². The fraction of sp³-hybridized carbons (Fsp3) is 0.611. The van der Waals surface area contributed by atoms with E-state index in [0.29, 0.717) is 12.5 Å². The summed E-state index contributed by atoms with van der Waals surface area (Å²) in [5.41, 5.74) is 7.81. The first-order valence-electron chi connectivity index (χ1n) is 8.15. The molecule has 1 aliphatic rings. The van der Waals surface area contributed by atoms with Crippen molar-refractivity contribution in [2.45, 2.75) is 27.2 Å². The monoisotopic (exact) mass is 303 g/mol. The molecule has 122 valence electrons. The summed E-state index contributed by atoms with van der Waals surface area (Å²) in [6.07, 6.45) is 0.991. The molecule has 0 aliphatic carbocycles. The van der Waals surface area contributed by atoms with Gasteiger partial charge in [0.2, 0.25) is 0 Å². The van der Waals surface area contributed by atoms with Gasteiger partial charge in [0.05, 0.1) is 0 Å². The van der Waals surface area contributed by atoms with Gasteiger partial charge >= 0.3 is 0 Å². The number of carbonyl (C=O) groups is 1. The van der Waals surface area contributed by atoms with Gasteiger partial charge in [-0.05, 0) is 48.6 Å². The van der Waals surface area contributed by atoms with E-state index in [1.54, 1.807) is 0 Å². The van der Waals surface area contributed by atoms with Crippen molar-refractivity contribution in [3.8, 4) is 0 Å². The van der Waals surface area contributed by atoms with Gasteiger partial charge < -0.3 is 15.5 Å². The zero-order valence-corrected chi connectivity index (χ0v) is 14.3. The number of hydrogen-bond acceptors (Lipinski definition) is 3. The molecule has 4 heteroatoms. The Morgan fingerprint density at radius 1 is 1.36 bits per heavy atom. The fourth-order valence-corrected chi connectivity index (χ4v) is 3.06. The minimum absolute atomic E-state index is 0.0765. The van der Waals surface area contributed by atoms with Crippen molar-refractivity contribution in [1.82, 2.24) is 4.90 Å². The Balaban J connectivity index is 2.03. The van der Waals surface area contributed by atoms with Gasteiger partial charge in [0, 0.05) is 37.9 Å². The molecule has 0 radical (unpaired) electrons. The third kappa shape index (κ3) is 3.80. The molecular formula is C18H29N3O. The lowest BCUT2D eigenvalue weighted by molar-refractivity contribution is 0.0777. The van der Waals surface area contributed by atoms with E-state index in [-0.39, 0.29) is 11.3 Å². The van der Waals surface area contributed by atoms with Gasteiger partial charge in [0.15, 0.2) is 0 Å². The number of nitrogens with two attached hydrogens (primary N) is 1. The summed E-state index contributed by atoms with van der Waals surface area (Å²) in [4.78, 5) is 16.7. The summed E-state index contributed by atoms with van der Waals surface area (Å²) in [5, 5.41) is 0. The summed E-state index contributed by atoms with van der Waals surface area (Å²) < 4.78 is 0. The Morgan fingerprint density at radius 3 is 2.50 bits per heavy atom. The summed E-state index contributed by atoms with van der Waals surface area (Å²) in [7, 11) is 2.09. The van der Waals surface area contributed by atoms with Gasteiger partial charge in [-0.2, -0.15) is 0 Å². The SMILES string of the molecule is CC(C)CN(C)c1ccc(C(=O)N2CCC(C)(CN)C2)cc1. The van der Waals surface area contributed by atoms with Crippen LogP contribution in [0.25, 0.3) is 0 Å². The van der Waals surface area contributed by atoms with E-state index < -0.39 is 0 Å². The topological polar surface area (TPSA) is 49.6 Å². The summed E-state index contributed by atoms with van der Waals surface area (Å²) >= 11 is 0. The minimum Gasteiger partial charge on any atom is -0.374 e. The molecule has 1 unspecified atom stereocenters. The Labute approximate surface area is 134 Å². The van der Waals surface area contributed by atoms with E-state index in [1.807, 2.05) is 29.2 Å². The van der Waals surface area contributed by atoms with Crippen molar-refractivity contribution in [1.29, 1.82) is 0 Å². The van der Waals surface area contributed by atoms with Crippen LogP contribution in [0.2, 0.25) is 0 Å². The number of likely N-dealkylation sites (tertiary alicyclic amines) is 1. The van der Waals surface area contributed by atoms with Crippen LogP contribution in [0.3, 0.4) is 0 Å². The highest BCUT2D eigenvalue weighted by Gasteiger charge is 2.35. The largest absolute Gasteiger partial charge is 0.374 e.